The van der Waals surface area contributed by atoms with Gasteiger partial charge in [-0.3, -0.25) is 14.4 Å². The maximum absolute atomic E-state index is 13.4. The molecule has 8 N–H and O–H groups in total. The van der Waals surface area contributed by atoms with Crippen molar-refractivity contribution in [2.75, 3.05) is 0 Å². The second-order valence-corrected chi connectivity index (χ2v) is 11.6. The second kappa shape index (κ2) is 12.0. The van der Waals surface area contributed by atoms with E-state index in [-0.39, 0.29) is 18.9 Å². The number of aliphatic carboxylic acids is 1. The first-order valence-corrected chi connectivity index (χ1v) is 13.5. The van der Waals surface area contributed by atoms with Crippen molar-refractivity contribution in [1.82, 2.24) is 16.0 Å². The number of amides is 3. The van der Waals surface area contributed by atoms with Crippen molar-refractivity contribution in [2.45, 2.75) is 133 Å². The predicted molar refractivity (Wildman–Crippen MR) is 138 cm³/mol. The van der Waals surface area contributed by atoms with Gasteiger partial charge in [-0.25, -0.2) is 4.79 Å². The zero-order chi connectivity index (χ0) is 30.0. The number of aliphatic hydroxyl groups is 4. The maximum Gasteiger partial charge on any atom is 0.326 e. The Morgan fingerprint density at radius 2 is 1.41 bits per heavy atom. The largest absolute Gasteiger partial charge is 0.480 e. The number of rotatable bonds is 10. The first-order valence-electron chi connectivity index (χ1n) is 13.5. The number of hydrogen-bond donors (Lipinski definition) is 8. The lowest BCUT2D eigenvalue weighted by atomic mass is 9.65. The van der Waals surface area contributed by atoms with E-state index < -0.39 is 64.5 Å². The molecule has 224 valence electrons. The molecule has 3 amide bonds. The Bertz CT molecular complexity index is 925. The molecule has 1 aliphatic heterocycles. The van der Waals surface area contributed by atoms with Gasteiger partial charge in [0.25, 0.3) is 5.91 Å². The van der Waals surface area contributed by atoms with E-state index in [1.165, 1.54) is 0 Å². The summed E-state index contributed by atoms with van der Waals surface area (Å²) in [6.45, 7) is 7.44. The van der Waals surface area contributed by atoms with Gasteiger partial charge in [-0.15, -0.1) is 0 Å². The SMILES string of the molecule is CCC1CCC(NC(=O)C(CCC(NC(C)=O)C(=O)O)NC(=O)C2O[C@@](C)(O)[C@@](C)(O)C(C)(O)[C@]2(C)O)CC1. The van der Waals surface area contributed by atoms with Crippen molar-refractivity contribution in [2.24, 2.45) is 5.92 Å². The molecule has 1 saturated heterocycles. The molecule has 1 heterocycles. The highest BCUT2D eigenvalue weighted by atomic mass is 16.7. The lowest BCUT2D eigenvalue weighted by Gasteiger charge is -2.59. The Morgan fingerprint density at radius 3 is 1.90 bits per heavy atom. The van der Waals surface area contributed by atoms with Crippen LogP contribution in [0.5, 0.6) is 0 Å². The summed E-state index contributed by atoms with van der Waals surface area (Å²) in [6.07, 6.45) is 2.08. The third-order valence-electron chi connectivity index (χ3n) is 8.76. The molecular formula is C26H45N3O10. The Labute approximate surface area is 228 Å². The number of ether oxygens (including phenoxy) is 1. The van der Waals surface area contributed by atoms with Gasteiger partial charge in [0.2, 0.25) is 11.8 Å². The predicted octanol–water partition coefficient (Wildman–Crippen LogP) is -0.714. The summed E-state index contributed by atoms with van der Waals surface area (Å²) < 4.78 is 5.37. The van der Waals surface area contributed by atoms with E-state index in [0.717, 1.165) is 66.7 Å². The zero-order valence-electron chi connectivity index (χ0n) is 23.6. The Hall–Kier alpha value is -2.32. The van der Waals surface area contributed by atoms with E-state index >= 15 is 0 Å². The minimum Gasteiger partial charge on any atom is -0.480 e. The van der Waals surface area contributed by atoms with Crippen LogP contribution < -0.4 is 16.0 Å². The van der Waals surface area contributed by atoms with E-state index in [1.54, 1.807) is 0 Å². The number of carbonyl (C=O) groups excluding carboxylic acids is 3. The van der Waals surface area contributed by atoms with Gasteiger partial charge in [-0.1, -0.05) is 13.3 Å². The van der Waals surface area contributed by atoms with Crippen LogP contribution in [-0.4, -0.2) is 96.0 Å². The molecule has 0 spiro atoms. The summed E-state index contributed by atoms with van der Waals surface area (Å²) in [4.78, 5) is 49.7. The first kappa shape index (κ1) is 32.9. The minimum atomic E-state index is -2.48. The van der Waals surface area contributed by atoms with E-state index in [1.807, 2.05) is 0 Å². The molecule has 13 heteroatoms. The highest BCUT2D eigenvalue weighted by molar-refractivity contribution is 5.90. The Kier molecular flexibility index (Phi) is 10.2. The molecule has 0 aromatic heterocycles. The highest BCUT2D eigenvalue weighted by Gasteiger charge is 2.71. The van der Waals surface area contributed by atoms with Gasteiger partial charge in [-0.2, -0.15) is 0 Å². The quantitative estimate of drug-likeness (QED) is 0.168. The van der Waals surface area contributed by atoms with Gasteiger partial charge < -0.3 is 46.2 Å². The molecule has 2 fully saturated rings. The van der Waals surface area contributed by atoms with Gasteiger partial charge in [-0.05, 0) is 72.1 Å². The highest BCUT2D eigenvalue weighted by Crippen LogP contribution is 2.48. The molecule has 4 unspecified atom stereocenters. The lowest BCUT2D eigenvalue weighted by Crippen LogP contribution is -2.82. The summed E-state index contributed by atoms with van der Waals surface area (Å²) in [7, 11) is 0. The molecule has 7 atom stereocenters. The van der Waals surface area contributed by atoms with Gasteiger partial charge in [0, 0.05) is 13.0 Å². The Balaban J connectivity index is 2.28. The fraction of sp³-hybridized carbons (Fsp3) is 0.846. The molecule has 0 radical (unpaired) electrons. The molecule has 2 aliphatic rings. The van der Waals surface area contributed by atoms with Crippen LogP contribution in [0.15, 0.2) is 0 Å². The third-order valence-corrected chi connectivity index (χ3v) is 8.76. The van der Waals surface area contributed by atoms with Gasteiger partial charge in [0.15, 0.2) is 11.9 Å². The zero-order valence-corrected chi connectivity index (χ0v) is 23.6. The van der Waals surface area contributed by atoms with E-state index in [0.29, 0.717) is 5.92 Å². The summed E-state index contributed by atoms with van der Waals surface area (Å²) in [6, 6.07) is -2.76. The molecule has 1 aliphatic carbocycles. The molecule has 1 saturated carbocycles. The topological polar surface area (TPSA) is 215 Å². The fourth-order valence-electron chi connectivity index (χ4n) is 5.34. The van der Waals surface area contributed by atoms with Gasteiger partial charge in [0.1, 0.15) is 28.9 Å². The van der Waals surface area contributed by atoms with Crippen LogP contribution in [0, 0.1) is 5.92 Å². The van der Waals surface area contributed by atoms with Crippen LogP contribution in [0.2, 0.25) is 0 Å². The third kappa shape index (κ3) is 6.88. The molecule has 2 rings (SSSR count). The van der Waals surface area contributed by atoms with Crippen LogP contribution in [0.1, 0.15) is 86.5 Å². The van der Waals surface area contributed by atoms with Crippen LogP contribution >= 0.6 is 0 Å². The summed E-state index contributed by atoms with van der Waals surface area (Å²) >= 11 is 0. The van der Waals surface area contributed by atoms with Crippen molar-refractivity contribution in [3.8, 4) is 0 Å². The van der Waals surface area contributed by atoms with Crippen LogP contribution in [0.3, 0.4) is 0 Å². The minimum absolute atomic E-state index is 0.143. The number of carbonyl (C=O) groups is 4. The monoisotopic (exact) mass is 559 g/mol. The first-order chi connectivity index (χ1) is 17.8. The Morgan fingerprint density at radius 1 is 0.872 bits per heavy atom. The van der Waals surface area contributed by atoms with Crippen molar-refractivity contribution in [1.29, 1.82) is 0 Å². The lowest BCUT2D eigenvalue weighted by molar-refractivity contribution is -0.414. The summed E-state index contributed by atoms with van der Waals surface area (Å²) in [5.74, 6) is -5.46. The molecule has 0 aromatic rings. The second-order valence-electron chi connectivity index (χ2n) is 11.6. The molecule has 0 bridgehead atoms. The van der Waals surface area contributed by atoms with E-state index in [2.05, 4.69) is 22.9 Å². The average molecular weight is 560 g/mol. The van der Waals surface area contributed by atoms with Crippen molar-refractivity contribution >= 4 is 23.7 Å². The number of nitrogens with one attached hydrogen (secondary N) is 3. The number of carboxylic acid groups (broad SMARTS) is 1. The standard InChI is InChI=1S/C26H45N3O10/c1-7-15-8-10-16(11-9-15)28-20(31)17(12-13-18(22(33)34)27-14(2)30)29-21(32)19-23(3,35)24(4,36)25(5,37)26(6,38)39-19/h15-19,35-38H,7-13H2,1-6H3,(H,27,30)(H,28,31)(H,29,32)(H,33,34)/t15?,16?,17?,18?,19?,23-,24?,25+,26-/m1/s1. The number of carboxylic acids is 1. The van der Waals surface area contributed by atoms with Crippen LogP contribution in [0.25, 0.3) is 0 Å². The normalized spacial score (nSPS) is 38.3. The molecule has 0 aromatic carbocycles. The summed E-state index contributed by atoms with van der Waals surface area (Å²) in [5.41, 5.74) is -7.27. The average Bonchev–Trinajstić information content (AvgIpc) is 2.82. The van der Waals surface area contributed by atoms with Crippen molar-refractivity contribution < 1.29 is 49.4 Å². The van der Waals surface area contributed by atoms with Gasteiger partial charge in [0.05, 0.1) is 0 Å². The van der Waals surface area contributed by atoms with Crippen LogP contribution in [0.4, 0.5) is 0 Å². The fourth-order valence-corrected chi connectivity index (χ4v) is 5.34. The molecule has 13 nitrogen and oxygen atoms in total. The molecule has 39 heavy (non-hydrogen) atoms. The number of hydrogen-bond acceptors (Lipinski definition) is 9. The van der Waals surface area contributed by atoms with Crippen LogP contribution in [-0.2, 0) is 23.9 Å². The molecular weight excluding hydrogens is 514 g/mol. The van der Waals surface area contributed by atoms with E-state index in [4.69, 9.17) is 4.74 Å². The van der Waals surface area contributed by atoms with Crippen molar-refractivity contribution in [3.63, 3.8) is 0 Å². The van der Waals surface area contributed by atoms with E-state index in [9.17, 15) is 44.7 Å². The summed E-state index contributed by atoms with van der Waals surface area (Å²) in [5, 5.41) is 60.7. The maximum atomic E-state index is 13.4. The van der Waals surface area contributed by atoms with Crippen molar-refractivity contribution in [3.05, 3.63) is 0 Å². The smallest absolute Gasteiger partial charge is 0.326 e. The van der Waals surface area contributed by atoms with Gasteiger partial charge >= 0.3 is 5.97 Å².